The van der Waals surface area contributed by atoms with Crippen LogP contribution in [0.2, 0.25) is 0 Å². The Morgan fingerprint density at radius 3 is 2.62 bits per heavy atom. The SMILES string of the molecule is Cc1ccc2c(n1)[C@@H](C(C)(C)O)CC[C@H]2C. The summed E-state index contributed by atoms with van der Waals surface area (Å²) in [5.41, 5.74) is 2.81. The van der Waals surface area contributed by atoms with Crippen molar-refractivity contribution in [1.29, 1.82) is 0 Å². The van der Waals surface area contributed by atoms with Crippen LogP contribution in [0.4, 0.5) is 0 Å². The molecule has 0 fully saturated rings. The molecule has 0 spiro atoms. The first-order valence-corrected chi connectivity index (χ1v) is 6.09. The number of rotatable bonds is 1. The van der Waals surface area contributed by atoms with Gasteiger partial charge >= 0.3 is 0 Å². The molecule has 1 heterocycles. The van der Waals surface area contributed by atoms with Crippen LogP contribution in [-0.2, 0) is 0 Å². The third-order valence-electron chi connectivity index (χ3n) is 3.70. The van der Waals surface area contributed by atoms with Gasteiger partial charge < -0.3 is 5.11 Å². The number of hydrogen-bond acceptors (Lipinski definition) is 2. The zero-order valence-corrected chi connectivity index (χ0v) is 10.6. The monoisotopic (exact) mass is 219 g/mol. The van der Waals surface area contributed by atoms with Crippen LogP contribution in [0, 0.1) is 6.92 Å². The van der Waals surface area contributed by atoms with Crippen LogP contribution < -0.4 is 0 Å². The van der Waals surface area contributed by atoms with Gasteiger partial charge in [0.2, 0.25) is 0 Å². The average molecular weight is 219 g/mol. The van der Waals surface area contributed by atoms with Gasteiger partial charge in [-0.25, -0.2) is 0 Å². The highest BCUT2D eigenvalue weighted by Crippen LogP contribution is 2.42. The molecule has 1 N–H and O–H groups in total. The molecule has 88 valence electrons. The molecule has 0 aromatic carbocycles. The van der Waals surface area contributed by atoms with E-state index < -0.39 is 5.60 Å². The number of nitrogens with zero attached hydrogens (tertiary/aromatic N) is 1. The van der Waals surface area contributed by atoms with Crippen molar-refractivity contribution in [3.63, 3.8) is 0 Å². The highest BCUT2D eigenvalue weighted by Gasteiger charge is 2.35. The van der Waals surface area contributed by atoms with Gasteiger partial charge in [-0.3, -0.25) is 4.98 Å². The summed E-state index contributed by atoms with van der Waals surface area (Å²) in [6.07, 6.45) is 2.18. The minimum atomic E-state index is -0.671. The summed E-state index contributed by atoms with van der Waals surface area (Å²) in [4.78, 5) is 4.65. The molecule has 0 aliphatic heterocycles. The second-order valence-corrected chi connectivity index (χ2v) is 5.61. The maximum atomic E-state index is 10.2. The summed E-state index contributed by atoms with van der Waals surface area (Å²) in [7, 11) is 0. The Labute approximate surface area is 97.7 Å². The standard InChI is InChI=1S/C14H21NO/c1-9-5-8-12(14(3,4)16)13-11(9)7-6-10(2)15-13/h6-7,9,12,16H,5,8H2,1-4H3/t9-,12+/m1/s1. The normalized spacial score (nSPS) is 25.3. The lowest BCUT2D eigenvalue weighted by molar-refractivity contribution is 0.0407. The van der Waals surface area contributed by atoms with Crippen molar-refractivity contribution in [1.82, 2.24) is 4.98 Å². The lowest BCUT2D eigenvalue weighted by atomic mass is 9.74. The van der Waals surface area contributed by atoms with Gasteiger partial charge in [0.05, 0.1) is 11.3 Å². The third-order valence-corrected chi connectivity index (χ3v) is 3.70. The van der Waals surface area contributed by atoms with Crippen molar-refractivity contribution >= 4 is 0 Å². The summed E-state index contributed by atoms with van der Waals surface area (Å²) in [6, 6.07) is 4.25. The molecular weight excluding hydrogens is 198 g/mol. The van der Waals surface area contributed by atoms with E-state index in [9.17, 15) is 5.11 Å². The van der Waals surface area contributed by atoms with Crippen molar-refractivity contribution in [2.75, 3.05) is 0 Å². The first-order valence-electron chi connectivity index (χ1n) is 6.09. The second-order valence-electron chi connectivity index (χ2n) is 5.61. The van der Waals surface area contributed by atoms with E-state index in [1.165, 1.54) is 5.56 Å². The molecule has 0 saturated heterocycles. The fraction of sp³-hybridized carbons (Fsp3) is 0.643. The van der Waals surface area contributed by atoms with Crippen LogP contribution in [0.15, 0.2) is 12.1 Å². The molecule has 0 radical (unpaired) electrons. The Hall–Kier alpha value is -0.890. The number of hydrogen-bond donors (Lipinski definition) is 1. The summed E-state index contributed by atoms with van der Waals surface area (Å²) < 4.78 is 0. The zero-order chi connectivity index (χ0) is 11.9. The third kappa shape index (κ3) is 1.99. The smallest absolute Gasteiger partial charge is 0.0675 e. The van der Waals surface area contributed by atoms with Crippen molar-refractivity contribution < 1.29 is 5.11 Å². The maximum Gasteiger partial charge on any atom is 0.0675 e. The van der Waals surface area contributed by atoms with E-state index in [-0.39, 0.29) is 5.92 Å². The molecule has 1 aromatic heterocycles. The van der Waals surface area contributed by atoms with Crippen molar-refractivity contribution in [2.24, 2.45) is 0 Å². The maximum absolute atomic E-state index is 10.2. The second kappa shape index (κ2) is 3.85. The van der Waals surface area contributed by atoms with Crippen molar-refractivity contribution in [3.8, 4) is 0 Å². The molecule has 2 rings (SSSR count). The minimum Gasteiger partial charge on any atom is -0.390 e. The molecule has 16 heavy (non-hydrogen) atoms. The molecule has 2 atom stereocenters. The van der Waals surface area contributed by atoms with Gasteiger partial charge in [-0.2, -0.15) is 0 Å². The summed E-state index contributed by atoms with van der Waals surface area (Å²) >= 11 is 0. The molecule has 1 aliphatic carbocycles. The number of aliphatic hydroxyl groups is 1. The Morgan fingerprint density at radius 2 is 2.00 bits per heavy atom. The zero-order valence-electron chi connectivity index (χ0n) is 10.6. The number of aromatic nitrogens is 1. The van der Waals surface area contributed by atoms with Gasteiger partial charge in [-0.05, 0) is 51.2 Å². The molecule has 1 aliphatic rings. The minimum absolute atomic E-state index is 0.179. The Bertz CT molecular complexity index is 392. The van der Waals surface area contributed by atoms with Crippen LogP contribution >= 0.6 is 0 Å². The van der Waals surface area contributed by atoms with E-state index in [0.717, 1.165) is 24.2 Å². The van der Waals surface area contributed by atoms with E-state index in [1.54, 1.807) is 0 Å². The summed E-state index contributed by atoms with van der Waals surface area (Å²) in [5, 5.41) is 10.2. The largest absolute Gasteiger partial charge is 0.390 e. The number of fused-ring (bicyclic) bond motifs is 1. The van der Waals surface area contributed by atoms with E-state index in [0.29, 0.717) is 5.92 Å². The van der Waals surface area contributed by atoms with E-state index in [1.807, 2.05) is 20.8 Å². The molecule has 0 amide bonds. The topological polar surface area (TPSA) is 33.1 Å². The van der Waals surface area contributed by atoms with E-state index >= 15 is 0 Å². The van der Waals surface area contributed by atoms with Crippen LogP contribution in [0.3, 0.4) is 0 Å². The highest BCUT2D eigenvalue weighted by atomic mass is 16.3. The fourth-order valence-corrected chi connectivity index (χ4v) is 2.68. The summed E-state index contributed by atoms with van der Waals surface area (Å²) in [6.45, 7) is 8.04. The first kappa shape index (κ1) is 11.6. The molecule has 0 unspecified atom stereocenters. The molecule has 2 heteroatoms. The van der Waals surface area contributed by atoms with Crippen LogP contribution in [-0.4, -0.2) is 15.7 Å². The molecule has 0 saturated carbocycles. The molecule has 0 bridgehead atoms. The van der Waals surface area contributed by atoms with Crippen LogP contribution in [0.25, 0.3) is 0 Å². The Kier molecular flexibility index (Phi) is 2.79. The van der Waals surface area contributed by atoms with Gasteiger partial charge in [0.1, 0.15) is 0 Å². The van der Waals surface area contributed by atoms with Gasteiger partial charge in [0.25, 0.3) is 0 Å². The van der Waals surface area contributed by atoms with Gasteiger partial charge in [0.15, 0.2) is 0 Å². The van der Waals surface area contributed by atoms with Gasteiger partial charge in [-0.15, -0.1) is 0 Å². The van der Waals surface area contributed by atoms with Gasteiger partial charge in [-0.1, -0.05) is 13.0 Å². The van der Waals surface area contributed by atoms with Crippen LogP contribution in [0.1, 0.15) is 62.4 Å². The van der Waals surface area contributed by atoms with Crippen molar-refractivity contribution in [3.05, 3.63) is 29.1 Å². The Morgan fingerprint density at radius 1 is 1.31 bits per heavy atom. The predicted octanol–water partition coefficient (Wildman–Crippen LogP) is 3.14. The fourth-order valence-electron chi connectivity index (χ4n) is 2.68. The van der Waals surface area contributed by atoms with E-state index in [4.69, 9.17) is 0 Å². The quantitative estimate of drug-likeness (QED) is 0.787. The highest BCUT2D eigenvalue weighted by molar-refractivity contribution is 5.32. The Balaban J connectivity index is 2.50. The number of pyridine rings is 1. The van der Waals surface area contributed by atoms with Crippen LogP contribution in [0.5, 0.6) is 0 Å². The lowest BCUT2D eigenvalue weighted by Gasteiger charge is -2.36. The van der Waals surface area contributed by atoms with Crippen molar-refractivity contribution in [2.45, 2.75) is 58.0 Å². The summed E-state index contributed by atoms with van der Waals surface area (Å²) in [5.74, 6) is 0.750. The lowest BCUT2D eigenvalue weighted by Crippen LogP contribution is -2.33. The van der Waals surface area contributed by atoms with E-state index in [2.05, 4.69) is 24.0 Å². The molecule has 1 aromatic rings. The molecular formula is C14H21NO. The first-order chi connectivity index (χ1) is 7.39. The van der Waals surface area contributed by atoms with Gasteiger partial charge in [0, 0.05) is 11.6 Å². The average Bonchev–Trinajstić information content (AvgIpc) is 2.15. The predicted molar refractivity (Wildman–Crippen MR) is 65.7 cm³/mol. The molecule has 2 nitrogen and oxygen atoms in total. The number of aryl methyl sites for hydroxylation is 1.